The summed E-state index contributed by atoms with van der Waals surface area (Å²) in [7, 11) is 1.59. The molecule has 0 fully saturated rings. The first kappa shape index (κ1) is 14.0. The molecule has 96 valence electrons. The number of methoxy groups -OCH3 is 1. The Morgan fingerprint density at radius 2 is 2.00 bits per heavy atom. The molecule has 0 aliphatic rings. The first-order chi connectivity index (χ1) is 8.26. The third-order valence-electron chi connectivity index (χ3n) is 2.67. The monoisotopic (exact) mass is 237 g/mol. The zero-order valence-electron chi connectivity index (χ0n) is 10.8. The Kier molecular flexibility index (Phi) is 6.67. The van der Waals surface area contributed by atoms with Gasteiger partial charge in [0.1, 0.15) is 0 Å². The van der Waals surface area contributed by atoms with Crippen molar-refractivity contribution in [1.82, 2.24) is 0 Å². The maximum Gasteiger partial charge on any atom is 0.0945 e. The van der Waals surface area contributed by atoms with Crippen LogP contribution in [0, 0.1) is 0 Å². The predicted molar refractivity (Wildman–Crippen MR) is 71.4 cm³/mol. The number of hydrogen-bond donors (Lipinski definition) is 2. The van der Waals surface area contributed by atoms with Crippen LogP contribution < -0.4 is 5.32 Å². The lowest BCUT2D eigenvalue weighted by molar-refractivity contribution is 0.0727. The van der Waals surface area contributed by atoms with Gasteiger partial charge in [-0.1, -0.05) is 25.5 Å². The van der Waals surface area contributed by atoms with Gasteiger partial charge in [0.05, 0.1) is 12.7 Å². The van der Waals surface area contributed by atoms with Crippen LogP contribution in [0.2, 0.25) is 0 Å². The molecule has 1 aromatic carbocycles. The first-order valence-corrected chi connectivity index (χ1v) is 6.26. The van der Waals surface area contributed by atoms with Crippen LogP contribution >= 0.6 is 0 Å². The highest BCUT2D eigenvalue weighted by Gasteiger charge is 2.02. The number of nitrogens with one attached hydrogen (secondary N) is 1. The number of benzene rings is 1. The van der Waals surface area contributed by atoms with E-state index in [4.69, 9.17) is 4.74 Å². The summed E-state index contributed by atoms with van der Waals surface area (Å²) in [6, 6.07) is 8.40. The fourth-order valence-corrected chi connectivity index (χ4v) is 1.66. The van der Waals surface area contributed by atoms with Gasteiger partial charge in [-0.05, 0) is 30.5 Å². The van der Waals surface area contributed by atoms with E-state index in [1.807, 2.05) is 0 Å². The molecule has 0 aliphatic carbocycles. The molecule has 0 bridgehead atoms. The molecule has 0 saturated carbocycles. The van der Waals surface area contributed by atoms with E-state index in [9.17, 15) is 5.11 Å². The summed E-state index contributed by atoms with van der Waals surface area (Å²) in [5.41, 5.74) is 2.41. The number of rotatable bonds is 8. The molecule has 2 N–H and O–H groups in total. The highest BCUT2D eigenvalue weighted by atomic mass is 16.5. The van der Waals surface area contributed by atoms with Crippen molar-refractivity contribution in [2.24, 2.45) is 0 Å². The van der Waals surface area contributed by atoms with E-state index >= 15 is 0 Å². The summed E-state index contributed by atoms with van der Waals surface area (Å²) >= 11 is 0. The van der Waals surface area contributed by atoms with Gasteiger partial charge in [0, 0.05) is 19.3 Å². The highest BCUT2D eigenvalue weighted by Crippen LogP contribution is 2.11. The quantitative estimate of drug-likeness (QED) is 0.729. The van der Waals surface area contributed by atoms with E-state index in [1.165, 1.54) is 18.4 Å². The number of unbranched alkanes of at least 4 members (excludes halogenated alkanes) is 1. The molecule has 1 aromatic rings. The Labute approximate surface area is 104 Å². The second-order valence-electron chi connectivity index (χ2n) is 4.29. The van der Waals surface area contributed by atoms with Crippen LogP contribution in [-0.2, 0) is 11.2 Å². The minimum absolute atomic E-state index is 0.363. The fraction of sp³-hybridized carbons (Fsp3) is 0.571. The summed E-state index contributed by atoms with van der Waals surface area (Å²) in [5, 5.41) is 12.7. The molecular formula is C14H23NO2. The normalized spacial score (nSPS) is 12.4. The van der Waals surface area contributed by atoms with Crippen LogP contribution in [0.15, 0.2) is 24.3 Å². The average molecular weight is 237 g/mol. The first-order valence-electron chi connectivity index (χ1n) is 6.26. The van der Waals surface area contributed by atoms with Crippen LogP contribution in [0.4, 0.5) is 5.69 Å². The molecule has 3 nitrogen and oxygen atoms in total. The van der Waals surface area contributed by atoms with Crippen molar-refractivity contribution in [3.05, 3.63) is 29.8 Å². The molecule has 1 unspecified atom stereocenters. The van der Waals surface area contributed by atoms with E-state index in [-0.39, 0.29) is 0 Å². The second kappa shape index (κ2) is 8.09. The van der Waals surface area contributed by atoms with Crippen molar-refractivity contribution in [2.75, 3.05) is 25.6 Å². The minimum Gasteiger partial charge on any atom is -0.389 e. The molecule has 1 rings (SSSR count). The fourth-order valence-electron chi connectivity index (χ4n) is 1.66. The molecule has 3 heteroatoms. The van der Waals surface area contributed by atoms with Crippen molar-refractivity contribution >= 4 is 5.69 Å². The predicted octanol–water partition coefficient (Wildman–Crippen LogP) is 2.45. The van der Waals surface area contributed by atoms with Gasteiger partial charge in [0.2, 0.25) is 0 Å². The maximum atomic E-state index is 9.49. The molecule has 0 spiro atoms. The number of ether oxygens (including phenoxy) is 1. The lowest BCUT2D eigenvalue weighted by Gasteiger charge is -2.12. The van der Waals surface area contributed by atoms with Crippen LogP contribution in [-0.4, -0.2) is 31.5 Å². The van der Waals surface area contributed by atoms with Crippen molar-refractivity contribution in [3.63, 3.8) is 0 Å². The SMILES string of the molecule is CCCCc1ccc(NCC(O)COC)cc1. The van der Waals surface area contributed by atoms with Crippen LogP contribution in [0.3, 0.4) is 0 Å². The molecule has 0 aromatic heterocycles. The topological polar surface area (TPSA) is 41.5 Å². The Morgan fingerprint density at radius 3 is 2.59 bits per heavy atom. The van der Waals surface area contributed by atoms with Gasteiger partial charge in [-0.2, -0.15) is 0 Å². The van der Waals surface area contributed by atoms with E-state index in [1.54, 1.807) is 7.11 Å². The molecule has 1 atom stereocenters. The van der Waals surface area contributed by atoms with E-state index in [2.05, 4.69) is 36.5 Å². The van der Waals surface area contributed by atoms with Gasteiger partial charge in [-0.15, -0.1) is 0 Å². The Morgan fingerprint density at radius 1 is 1.29 bits per heavy atom. The molecule has 17 heavy (non-hydrogen) atoms. The van der Waals surface area contributed by atoms with Crippen molar-refractivity contribution in [3.8, 4) is 0 Å². The molecule has 0 aliphatic heterocycles. The number of anilines is 1. The number of aryl methyl sites for hydroxylation is 1. The minimum atomic E-state index is -0.459. The Hall–Kier alpha value is -1.06. The molecular weight excluding hydrogens is 214 g/mol. The largest absolute Gasteiger partial charge is 0.389 e. The molecule has 0 heterocycles. The Balaban J connectivity index is 2.34. The van der Waals surface area contributed by atoms with Gasteiger partial charge in [0.15, 0.2) is 0 Å². The number of hydrogen-bond acceptors (Lipinski definition) is 3. The van der Waals surface area contributed by atoms with Crippen LogP contribution in [0.5, 0.6) is 0 Å². The van der Waals surface area contributed by atoms with Crippen LogP contribution in [0.1, 0.15) is 25.3 Å². The van der Waals surface area contributed by atoms with Gasteiger partial charge in [-0.3, -0.25) is 0 Å². The molecule has 0 radical (unpaired) electrons. The van der Waals surface area contributed by atoms with E-state index in [0.717, 1.165) is 12.1 Å². The number of aliphatic hydroxyl groups excluding tert-OH is 1. The third-order valence-corrected chi connectivity index (χ3v) is 2.67. The van der Waals surface area contributed by atoms with Gasteiger partial charge in [0.25, 0.3) is 0 Å². The van der Waals surface area contributed by atoms with Gasteiger partial charge in [-0.25, -0.2) is 0 Å². The summed E-state index contributed by atoms with van der Waals surface area (Å²) < 4.78 is 4.87. The number of aliphatic hydroxyl groups is 1. The summed E-state index contributed by atoms with van der Waals surface area (Å²) in [6.45, 7) is 3.08. The van der Waals surface area contributed by atoms with Gasteiger partial charge >= 0.3 is 0 Å². The third kappa shape index (κ3) is 5.71. The van der Waals surface area contributed by atoms with Crippen molar-refractivity contribution in [2.45, 2.75) is 32.3 Å². The van der Waals surface area contributed by atoms with Crippen molar-refractivity contribution in [1.29, 1.82) is 0 Å². The summed E-state index contributed by atoms with van der Waals surface area (Å²) in [4.78, 5) is 0. The van der Waals surface area contributed by atoms with Crippen molar-refractivity contribution < 1.29 is 9.84 Å². The van der Waals surface area contributed by atoms with Gasteiger partial charge < -0.3 is 15.2 Å². The smallest absolute Gasteiger partial charge is 0.0945 e. The molecule has 0 saturated heterocycles. The summed E-state index contributed by atoms with van der Waals surface area (Å²) in [6.07, 6.45) is 3.14. The van der Waals surface area contributed by atoms with E-state index < -0.39 is 6.10 Å². The van der Waals surface area contributed by atoms with E-state index in [0.29, 0.717) is 13.2 Å². The molecule has 0 amide bonds. The summed E-state index contributed by atoms with van der Waals surface area (Å²) in [5.74, 6) is 0. The lowest BCUT2D eigenvalue weighted by atomic mass is 10.1. The highest BCUT2D eigenvalue weighted by molar-refractivity contribution is 5.44. The zero-order chi connectivity index (χ0) is 12.5. The Bertz CT molecular complexity index is 298. The average Bonchev–Trinajstić information content (AvgIpc) is 2.35. The van der Waals surface area contributed by atoms with Crippen LogP contribution in [0.25, 0.3) is 0 Å². The zero-order valence-corrected chi connectivity index (χ0v) is 10.8. The standard InChI is InChI=1S/C14H23NO2/c1-3-4-5-12-6-8-13(9-7-12)15-10-14(16)11-17-2/h6-9,14-16H,3-5,10-11H2,1-2H3. The maximum absolute atomic E-state index is 9.49. The second-order valence-corrected chi connectivity index (χ2v) is 4.29. The lowest BCUT2D eigenvalue weighted by Crippen LogP contribution is -2.24.